The highest BCUT2D eigenvalue weighted by atomic mass is 79.9. The average Bonchev–Trinajstić information content (AvgIpc) is 3.23. The molecular formula is C16H18BrF3N6O. The molecule has 3 aromatic heterocycles. The Kier molecular flexibility index (Phi) is 5.41. The van der Waals surface area contributed by atoms with Crippen molar-refractivity contribution in [3.05, 3.63) is 45.1 Å². The Morgan fingerprint density at radius 1 is 1.00 bits per heavy atom. The molecule has 0 radical (unpaired) electrons. The minimum Gasteiger partial charge on any atom is -0.425 e. The zero-order valence-electron chi connectivity index (χ0n) is 15.0. The zero-order valence-corrected chi connectivity index (χ0v) is 16.6. The molecule has 0 atom stereocenters. The lowest BCUT2D eigenvalue weighted by Crippen LogP contribution is -2.10. The second-order valence-corrected chi connectivity index (χ2v) is 7.00. The summed E-state index contributed by atoms with van der Waals surface area (Å²) in [6.07, 6.45) is -3.69. The quantitative estimate of drug-likeness (QED) is 0.577. The summed E-state index contributed by atoms with van der Waals surface area (Å²) in [5.41, 5.74) is 1.45. The maximum absolute atomic E-state index is 12.9. The highest BCUT2D eigenvalue weighted by Gasteiger charge is 2.37. The molecule has 0 bridgehead atoms. The summed E-state index contributed by atoms with van der Waals surface area (Å²) >= 11 is 2.95. The van der Waals surface area contributed by atoms with Gasteiger partial charge in [0.25, 0.3) is 0 Å². The summed E-state index contributed by atoms with van der Waals surface area (Å²) in [5.74, 6) is 0.824. The van der Waals surface area contributed by atoms with Gasteiger partial charge in [-0.1, -0.05) is 0 Å². The van der Waals surface area contributed by atoms with Crippen LogP contribution < -0.4 is 0 Å². The third-order valence-corrected chi connectivity index (χ3v) is 5.04. The van der Waals surface area contributed by atoms with Crippen molar-refractivity contribution in [3.8, 4) is 0 Å². The van der Waals surface area contributed by atoms with Crippen molar-refractivity contribution in [3.63, 3.8) is 0 Å². The Balaban J connectivity index is 1.61. The van der Waals surface area contributed by atoms with Crippen LogP contribution in [0.5, 0.6) is 0 Å². The third kappa shape index (κ3) is 4.40. The number of hydrogen-bond donors (Lipinski definition) is 0. The summed E-state index contributed by atoms with van der Waals surface area (Å²) in [5, 5.41) is 15.9. The van der Waals surface area contributed by atoms with Gasteiger partial charge in [0.05, 0.1) is 15.9 Å². The molecule has 0 aromatic carbocycles. The van der Waals surface area contributed by atoms with Crippen LogP contribution in [0.4, 0.5) is 13.2 Å². The van der Waals surface area contributed by atoms with E-state index >= 15 is 0 Å². The van der Waals surface area contributed by atoms with Crippen LogP contribution in [0.15, 0.2) is 15.0 Å². The van der Waals surface area contributed by atoms with Crippen LogP contribution in [0, 0.1) is 20.8 Å². The molecule has 0 spiro atoms. The van der Waals surface area contributed by atoms with Crippen LogP contribution in [-0.2, 0) is 32.1 Å². The summed E-state index contributed by atoms with van der Waals surface area (Å²) in [6.45, 7) is 6.29. The number of hydrogen-bond acceptors (Lipinski definition) is 5. The summed E-state index contributed by atoms with van der Waals surface area (Å²) in [6, 6.07) is 1.99. The predicted octanol–water partition coefficient (Wildman–Crippen LogP) is 3.65. The van der Waals surface area contributed by atoms with E-state index in [-0.39, 0.29) is 11.0 Å². The smallest absolute Gasteiger partial charge is 0.425 e. The predicted molar refractivity (Wildman–Crippen MR) is 93.1 cm³/mol. The Labute approximate surface area is 161 Å². The van der Waals surface area contributed by atoms with Gasteiger partial charge in [-0.15, -0.1) is 10.2 Å². The Morgan fingerprint density at radius 3 is 2.07 bits per heavy atom. The van der Waals surface area contributed by atoms with E-state index in [4.69, 9.17) is 4.42 Å². The molecule has 0 aliphatic carbocycles. The first-order chi connectivity index (χ1) is 12.6. The lowest BCUT2D eigenvalue weighted by atomic mass is 10.3. The number of aryl methyl sites for hydroxylation is 6. The zero-order chi connectivity index (χ0) is 19.8. The average molecular weight is 447 g/mol. The fourth-order valence-electron chi connectivity index (χ4n) is 2.72. The number of rotatable bonds is 6. The van der Waals surface area contributed by atoms with Gasteiger partial charge in [-0.3, -0.25) is 9.36 Å². The highest BCUT2D eigenvalue weighted by Crippen LogP contribution is 2.35. The van der Waals surface area contributed by atoms with Gasteiger partial charge in [0.15, 0.2) is 5.69 Å². The lowest BCUT2D eigenvalue weighted by molar-refractivity contribution is -0.142. The molecule has 27 heavy (non-hydrogen) atoms. The topological polar surface area (TPSA) is 74.6 Å². The molecule has 0 saturated carbocycles. The second-order valence-electron chi connectivity index (χ2n) is 6.21. The van der Waals surface area contributed by atoms with Gasteiger partial charge in [-0.05, 0) is 42.8 Å². The van der Waals surface area contributed by atoms with E-state index in [1.807, 2.05) is 24.6 Å². The monoisotopic (exact) mass is 446 g/mol. The maximum Gasteiger partial charge on any atom is 0.436 e. The maximum atomic E-state index is 12.9. The van der Waals surface area contributed by atoms with E-state index in [9.17, 15) is 13.2 Å². The molecular weight excluding hydrogens is 429 g/mol. The van der Waals surface area contributed by atoms with Crippen molar-refractivity contribution < 1.29 is 17.6 Å². The van der Waals surface area contributed by atoms with Gasteiger partial charge < -0.3 is 4.42 Å². The number of halogens is 4. The molecule has 0 aliphatic heterocycles. The molecule has 0 amide bonds. The van der Waals surface area contributed by atoms with E-state index in [2.05, 4.69) is 36.3 Å². The highest BCUT2D eigenvalue weighted by molar-refractivity contribution is 9.10. The van der Waals surface area contributed by atoms with Gasteiger partial charge in [0, 0.05) is 31.6 Å². The Hall–Kier alpha value is -2.17. The van der Waals surface area contributed by atoms with Gasteiger partial charge in [0.2, 0.25) is 11.8 Å². The van der Waals surface area contributed by atoms with E-state index in [0.29, 0.717) is 36.9 Å². The fourth-order valence-corrected chi connectivity index (χ4v) is 3.23. The first-order valence-electron chi connectivity index (χ1n) is 8.27. The first kappa shape index (κ1) is 19.6. The third-order valence-electron chi connectivity index (χ3n) is 4.09. The van der Waals surface area contributed by atoms with Crippen LogP contribution in [0.3, 0.4) is 0 Å². The minimum absolute atomic E-state index is 0.0499. The van der Waals surface area contributed by atoms with Crippen molar-refractivity contribution in [2.45, 2.75) is 52.9 Å². The first-order valence-corrected chi connectivity index (χ1v) is 9.07. The van der Waals surface area contributed by atoms with Gasteiger partial charge >= 0.3 is 6.18 Å². The molecule has 0 saturated heterocycles. The molecule has 3 rings (SSSR count). The van der Waals surface area contributed by atoms with E-state index in [0.717, 1.165) is 11.4 Å². The summed E-state index contributed by atoms with van der Waals surface area (Å²) in [4.78, 5) is 0. The van der Waals surface area contributed by atoms with Crippen molar-refractivity contribution >= 4 is 15.9 Å². The molecule has 11 heteroatoms. The van der Waals surface area contributed by atoms with Crippen LogP contribution in [-0.4, -0.2) is 29.8 Å². The molecule has 0 aliphatic rings. The van der Waals surface area contributed by atoms with Crippen LogP contribution in [0.2, 0.25) is 0 Å². The van der Waals surface area contributed by atoms with Gasteiger partial charge in [-0.25, -0.2) is 0 Å². The molecule has 3 heterocycles. The van der Waals surface area contributed by atoms with Gasteiger partial charge in [-0.2, -0.15) is 23.4 Å². The van der Waals surface area contributed by atoms with Crippen molar-refractivity contribution in [1.29, 1.82) is 0 Å². The van der Waals surface area contributed by atoms with E-state index < -0.39 is 11.9 Å². The number of alkyl halides is 3. The molecule has 146 valence electrons. The molecule has 7 nitrogen and oxygen atoms in total. The SMILES string of the molecule is Cc1cc(C)n(CCc2nnc(CCn3nc(C(F)(F)F)c(Br)c3C)o2)n1. The number of aromatic nitrogens is 6. The fraction of sp³-hybridized carbons (Fsp3) is 0.500. The largest absolute Gasteiger partial charge is 0.436 e. The van der Waals surface area contributed by atoms with Gasteiger partial charge in [0.1, 0.15) is 0 Å². The normalized spacial score (nSPS) is 12.1. The number of nitrogens with zero attached hydrogens (tertiary/aromatic N) is 6. The Bertz CT molecular complexity index is 943. The minimum atomic E-state index is -4.50. The summed E-state index contributed by atoms with van der Waals surface area (Å²) in [7, 11) is 0. The summed E-state index contributed by atoms with van der Waals surface area (Å²) < 4.78 is 47.4. The molecule has 0 fully saturated rings. The van der Waals surface area contributed by atoms with Crippen LogP contribution >= 0.6 is 15.9 Å². The van der Waals surface area contributed by atoms with E-state index in [1.165, 1.54) is 4.68 Å². The lowest BCUT2D eigenvalue weighted by Gasteiger charge is -2.02. The van der Waals surface area contributed by atoms with Crippen molar-refractivity contribution in [2.75, 3.05) is 0 Å². The molecule has 3 aromatic rings. The van der Waals surface area contributed by atoms with Crippen LogP contribution in [0.1, 0.15) is 34.6 Å². The standard InChI is InChI=1S/C16H18BrF3N6O/c1-9-8-10(2)25(23-9)6-4-12-21-22-13(27-12)5-7-26-11(3)14(17)15(24-26)16(18,19)20/h8H,4-7H2,1-3H3. The Morgan fingerprint density at radius 2 is 1.59 bits per heavy atom. The van der Waals surface area contributed by atoms with Crippen molar-refractivity contribution in [2.24, 2.45) is 0 Å². The second kappa shape index (κ2) is 7.45. The van der Waals surface area contributed by atoms with Crippen LogP contribution in [0.25, 0.3) is 0 Å². The van der Waals surface area contributed by atoms with Crippen molar-refractivity contribution in [1.82, 2.24) is 29.8 Å². The molecule has 0 unspecified atom stereocenters. The molecule has 0 N–H and O–H groups in total. The van der Waals surface area contributed by atoms with E-state index in [1.54, 1.807) is 6.92 Å².